The van der Waals surface area contributed by atoms with Crippen molar-refractivity contribution in [1.29, 1.82) is 0 Å². The standard InChI is InChI=1S/C19H19NO6/c1-23-15-7-3-12(9-17(15)24-2)4-8-19(22)26-13-5-6-14-16(10-13)25-11-18(21)20-14/h3,5-7,9-10H,4,8,11H2,1-2H3,(H,20,21). The fourth-order valence-corrected chi connectivity index (χ4v) is 2.58. The van der Waals surface area contributed by atoms with Crippen LogP contribution < -0.4 is 24.3 Å². The maximum atomic E-state index is 12.1. The molecule has 7 heteroatoms. The molecule has 26 heavy (non-hydrogen) atoms. The van der Waals surface area contributed by atoms with E-state index in [4.69, 9.17) is 18.9 Å². The van der Waals surface area contributed by atoms with Gasteiger partial charge in [0.05, 0.1) is 19.9 Å². The number of carbonyl (C=O) groups is 2. The summed E-state index contributed by atoms with van der Waals surface area (Å²) in [4.78, 5) is 23.4. The Morgan fingerprint density at radius 2 is 1.92 bits per heavy atom. The van der Waals surface area contributed by atoms with Crippen molar-refractivity contribution in [2.24, 2.45) is 0 Å². The molecule has 0 radical (unpaired) electrons. The zero-order valence-corrected chi connectivity index (χ0v) is 14.5. The van der Waals surface area contributed by atoms with Gasteiger partial charge in [-0.2, -0.15) is 0 Å². The highest BCUT2D eigenvalue weighted by Crippen LogP contribution is 2.32. The number of hydrogen-bond acceptors (Lipinski definition) is 6. The number of esters is 1. The van der Waals surface area contributed by atoms with Gasteiger partial charge < -0.3 is 24.3 Å². The second-order valence-corrected chi connectivity index (χ2v) is 5.66. The molecule has 0 unspecified atom stereocenters. The lowest BCUT2D eigenvalue weighted by Gasteiger charge is -2.18. The Morgan fingerprint density at radius 1 is 1.12 bits per heavy atom. The molecule has 1 amide bonds. The minimum atomic E-state index is -0.362. The second kappa shape index (κ2) is 7.77. The molecular formula is C19H19NO6. The first-order valence-corrected chi connectivity index (χ1v) is 8.07. The minimum Gasteiger partial charge on any atom is -0.493 e. The highest BCUT2D eigenvalue weighted by molar-refractivity contribution is 5.95. The van der Waals surface area contributed by atoms with Gasteiger partial charge in [0.1, 0.15) is 11.5 Å². The predicted molar refractivity (Wildman–Crippen MR) is 94.1 cm³/mol. The van der Waals surface area contributed by atoms with Crippen LogP contribution in [0.4, 0.5) is 5.69 Å². The van der Waals surface area contributed by atoms with Gasteiger partial charge in [-0.15, -0.1) is 0 Å². The summed E-state index contributed by atoms with van der Waals surface area (Å²) in [6.07, 6.45) is 0.723. The van der Waals surface area contributed by atoms with Crippen LogP contribution in [0.1, 0.15) is 12.0 Å². The summed E-state index contributed by atoms with van der Waals surface area (Å²) < 4.78 is 21.1. The summed E-state index contributed by atoms with van der Waals surface area (Å²) in [5, 5.41) is 2.68. The smallest absolute Gasteiger partial charge is 0.311 e. The van der Waals surface area contributed by atoms with Gasteiger partial charge in [0.15, 0.2) is 18.1 Å². The third-order valence-electron chi connectivity index (χ3n) is 3.88. The highest BCUT2D eigenvalue weighted by atomic mass is 16.5. The summed E-state index contributed by atoms with van der Waals surface area (Å²) in [7, 11) is 3.14. The molecule has 3 rings (SSSR count). The molecule has 7 nitrogen and oxygen atoms in total. The second-order valence-electron chi connectivity index (χ2n) is 5.66. The largest absolute Gasteiger partial charge is 0.493 e. The molecule has 0 atom stereocenters. The predicted octanol–water partition coefficient (Wildman–Crippen LogP) is 2.57. The molecule has 1 aliphatic heterocycles. The zero-order valence-electron chi connectivity index (χ0n) is 14.5. The van der Waals surface area contributed by atoms with Gasteiger partial charge in [-0.05, 0) is 36.2 Å². The highest BCUT2D eigenvalue weighted by Gasteiger charge is 2.17. The average Bonchev–Trinajstić information content (AvgIpc) is 2.66. The van der Waals surface area contributed by atoms with Crippen LogP contribution in [0.3, 0.4) is 0 Å². The van der Waals surface area contributed by atoms with E-state index in [1.807, 2.05) is 12.1 Å². The van der Waals surface area contributed by atoms with Crippen molar-refractivity contribution < 1.29 is 28.5 Å². The van der Waals surface area contributed by atoms with E-state index in [1.165, 1.54) is 0 Å². The minimum absolute atomic E-state index is 0.0519. The Hall–Kier alpha value is -3.22. The summed E-state index contributed by atoms with van der Waals surface area (Å²) >= 11 is 0. The van der Waals surface area contributed by atoms with Gasteiger partial charge in [0.25, 0.3) is 5.91 Å². The van der Waals surface area contributed by atoms with Crippen LogP contribution >= 0.6 is 0 Å². The molecule has 0 saturated carbocycles. The van der Waals surface area contributed by atoms with Crippen molar-refractivity contribution in [3.8, 4) is 23.0 Å². The van der Waals surface area contributed by atoms with Crippen LogP contribution in [0.25, 0.3) is 0 Å². The van der Waals surface area contributed by atoms with E-state index in [-0.39, 0.29) is 24.9 Å². The molecule has 1 heterocycles. The summed E-state index contributed by atoms with van der Waals surface area (Å²) in [5.41, 5.74) is 1.50. The van der Waals surface area contributed by atoms with Crippen molar-refractivity contribution in [2.45, 2.75) is 12.8 Å². The number of benzene rings is 2. The zero-order chi connectivity index (χ0) is 18.5. The van der Waals surface area contributed by atoms with Crippen LogP contribution in [-0.2, 0) is 16.0 Å². The normalized spacial score (nSPS) is 12.5. The molecule has 2 aromatic carbocycles. The SMILES string of the molecule is COc1ccc(CCC(=O)Oc2ccc3c(c2)OCC(=O)N3)cc1OC. The van der Waals surface area contributed by atoms with Crippen LogP contribution in [0.5, 0.6) is 23.0 Å². The molecule has 2 aromatic rings. The lowest BCUT2D eigenvalue weighted by Crippen LogP contribution is -2.25. The molecule has 0 fully saturated rings. The topological polar surface area (TPSA) is 83.1 Å². The van der Waals surface area contributed by atoms with Crippen LogP contribution in [0.15, 0.2) is 36.4 Å². The van der Waals surface area contributed by atoms with Gasteiger partial charge >= 0.3 is 5.97 Å². The maximum absolute atomic E-state index is 12.1. The Bertz CT molecular complexity index is 833. The molecule has 0 saturated heterocycles. The van der Waals surface area contributed by atoms with Crippen molar-refractivity contribution >= 4 is 17.6 Å². The van der Waals surface area contributed by atoms with E-state index in [2.05, 4.69) is 5.32 Å². The molecule has 0 aliphatic carbocycles. The Labute approximate surface area is 150 Å². The first kappa shape index (κ1) is 17.6. The third-order valence-corrected chi connectivity index (χ3v) is 3.88. The lowest BCUT2D eigenvalue weighted by atomic mass is 10.1. The number of fused-ring (bicyclic) bond motifs is 1. The van der Waals surface area contributed by atoms with Crippen LogP contribution in [0.2, 0.25) is 0 Å². The first-order chi connectivity index (χ1) is 12.6. The van der Waals surface area contributed by atoms with E-state index in [0.29, 0.717) is 35.1 Å². The van der Waals surface area contributed by atoms with E-state index in [0.717, 1.165) is 5.56 Å². The van der Waals surface area contributed by atoms with Crippen molar-refractivity contribution in [2.75, 3.05) is 26.1 Å². The van der Waals surface area contributed by atoms with Crippen LogP contribution in [-0.4, -0.2) is 32.7 Å². The molecule has 0 aromatic heterocycles. The molecule has 1 aliphatic rings. The monoisotopic (exact) mass is 357 g/mol. The number of aryl methyl sites for hydroxylation is 1. The fraction of sp³-hybridized carbons (Fsp3) is 0.263. The molecule has 136 valence electrons. The Kier molecular flexibility index (Phi) is 5.26. The first-order valence-electron chi connectivity index (χ1n) is 8.07. The number of methoxy groups -OCH3 is 2. The van der Waals surface area contributed by atoms with E-state index < -0.39 is 0 Å². The Morgan fingerprint density at radius 3 is 2.69 bits per heavy atom. The van der Waals surface area contributed by atoms with Gasteiger partial charge in [-0.25, -0.2) is 0 Å². The molecule has 0 bridgehead atoms. The fourth-order valence-electron chi connectivity index (χ4n) is 2.58. The van der Waals surface area contributed by atoms with E-state index in [9.17, 15) is 9.59 Å². The summed E-state index contributed by atoms with van der Waals surface area (Å²) in [5.74, 6) is 1.54. The number of amides is 1. The molecule has 1 N–H and O–H groups in total. The quantitative estimate of drug-likeness (QED) is 0.632. The lowest BCUT2D eigenvalue weighted by molar-refractivity contribution is -0.134. The number of hydrogen-bond donors (Lipinski definition) is 1. The number of carbonyl (C=O) groups excluding carboxylic acids is 2. The number of nitrogens with one attached hydrogen (secondary N) is 1. The molecule has 0 spiro atoms. The van der Waals surface area contributed by atoms with E-state index >= 15 is 0 Å². The van der Waals surface area contributed by atoms with Gasteiger partial charge in [-0.3, -0.25) is 9.59 Å². The maximum Gasteiger partial charge on any atom is 0.311 e. The number of rotatable bonds is 6. The van der Waals surface area contributed by atoms with Crippen LogP contribution in [0, 0.1) is 0 Å². The number of ether oxygens (including phenoxy) is 4. The Balaban J connectivity index is 1.58. The number of anilines is 1. The van der Waals surface area contributed by atoms with Crippen molar-refractivity contribution in [3.05, 3.63) is 42.0 Å². The van der Waals surface area contributed by atoms with Gasteiger partial charge in [0, 0.05) is 12.5 Å². The van der Waals surface area contributed by atoms with Gasteiger partial charge in [-0.1, -0.05) is 6.07 Å². The summed E-state index contributed by atoms with van der Waals surface area (Å²) in [6, 6.07) is 10.4. The van der Waals surface area contributed by atoms with E-state index in [1.54, 1.807) is 38.5 Å². The van der Waals surface area contributed by atoms with Crippen molar-refractivity contribution in [3.63, 3.8) is 0 Å². The molecular weight excluding hydrogens is 338 g/mol. The van der Waals surface area contributed by atoms with Crippen molar-refractivity contribution in [1.82, 2.24) is 0 Å². The average molecular weight is 357 g/mol. The summed E-state index contributed by atoms with van der Waals surface area (Å²) in [6.45, 7) is -0.0519. The third kappa shape index (κ3) is 4.05. The van der Waals surface area contributed by atoms with Gasteiger partial charge in [0.2, 0.25) is 0 Å².